The molecule has 0 bridgehead atoms. The third-order valence-electron chi connectivity index (χ3n) is 2.63. The van der Waals surface area contributed by atoms with Crippen LogP contribution in [0.25, 0.3) is 0 Å². The lowest BCUT2D eigenvalue weighted by Crippen LogP contribution is -2.14. The van der Waals surface area contributed by atoms with Gasteiger partial charge in [-0.25, -0.2) is 0 Å². The number of amides is 1. The van der Waals surface area contributed by atoms with Crippen LogP contribution in [0.4, 0.5) is 11.4 Å². The van der Waals surface area contributed by atoms with Gasteiger partial charge in [0.1, 0.15) is 0 Å². The van der Waals surface area contributed by atoms with Crippen molar-refractivity contribution in [2.24, 2.45) is 0 Å². The summed E-state index contributed by atoms with van der Waals surface area (Å²) >= 11 is 0. The highest BCUT2D eigenvalue weighted by molar-refractivity contribution is 5.85. The quantitative estimate of drug-likeness (QED) is 0.699. The van der Waals surface area contributed by atoms with E-state index in [1.807, 2.05) is 6.92 Å². The zero-order valence-corrected chi connectivity index (χ0v) is 8.26. The van der Waals surface area contributed by atoms with Crippen LogP contribution in [0.5, 0.6) is 0 Å². The number of rotatable bonds is 2. The molecular formula is C11H14N2O. The van der Waals surface area contributed by atoms with Crippen LogP contribution in [0.3, 0.4) is 0 Å². The minimum absolute atomic E-state index is 0.735. The molecule has 0 spiro atoms. The Bertz CT molecular complexity index is 361. The summed E-state index contributed by atoms with van der Waals surface area (Å²) in [5, 5.41) is 6.10. The normalized spacial score (nSPS) is 14.1. The van der Waals surface area contributed by atoms with Gasteiger partial charge in [0.15, 0.2) is 0 Å². The predicted molar refractivity (Wildman–Crippen MR) is 57.7 cm³/mol. The van der Waals surface area contributed by atoms with Crippen molar-refractivity contribution in [1.29, 1.82) is 0 Å². The minimum atomic E-state index is 0.735. The molecule has 14 heavy (non-hydrogen) atoms. The van der Waals surface area contributed by atoms with Crippen LogP contribution < -0.4 is 10.6 Å². The largest absolute Gasteiger partial charge is 0.383 e. The van der Waals surface area contributed by atoms with Gasteiger partial charge in [0, 0.05) is 6.54 Å². The van der Waals surface area contributed by atoms with E-state index < -0.39 is 0 Å². The Morgan fingerprint density at radius 1 is 1.50 bits per heavy atom. The topological polar surface area (TPSA) is 41.1 Å². The third-order valence-corrected chi connectivity index (χ3v) is 2.63. The van der Waals surface area contributed by atoms with Crippen molar-refractivity contribution < 1.29 is 4.79 Å². The molecule has 1 aliphatic rings. The third kappa shape index (κ3) is 1.45. The van der Waals surface area contributed by atoms with E-state index in [4.69, 9.17) is 0 Å². The number of hydrogen-bond donors (Lipinski definition) is 2. The molecule has 1 aromatic rings. The van der Waals surface area contributed by atoms with Gasteiger partial charge >= 0.3 is 0 Å². The minimum Gasteiger partial charge on any atom is -0.383 e. The maximum absolute atomic E-state index is 10.5. The van der Waals surface area contributed by atoms with Crippen molar-refractivity contribution >= 4 is 17.8 Å². The maximum atomic E-state index is 10.5. The Kier molecular flexibility index (Phi) is 2.39. The smallest absolute Gasteiger partial charge is 0.211 e. The molecule has 1 amide bonds. The molecule has 0 unspecified atom stereocenters. The number of benzene rings is 1. The number of fused-ring (bicyclic) bond motifs is 1. The highest BCUT2D eigenvalue weighted by Gasteiger charge is 2.13. The van der Waals surface area contributed by atoms with E-state index in [1.54, 1.807) is 0 Å². The second kappa shape index (κ2) is 3.70. The summed E-state index contributed by atoms with van der Waals surface area (Å²) in [4.78, 5) is 10.5. The summed E-state index contributed by atoms with van der Waals surface area (Å²) in [5.41, 5.74) is 4.43. The van der Waals surface area contributed by atoms with Crippen molar-refractivity contribution in [3.63, 3.8) is 0 Å². The zero-order chi connectivity index (χ0) is 9.97. The van der Waals surface area contributed by atoms with Crippen molar-refractivity contribution in [2.75, 3.05) is 17.2 Å². The predicted octanol–water partition coefficient (Wildman–Crippen LogP) is 1.92. The number of hydrogen-bond acceptors (Lipinski definition) is 2. The average molecular weight is 190 g/mol. The lowest BCUT2D eigenvalue weighted by molar-refractivity contribution is -0.105. The fourth-order valence-electron chi connectivity index (χ4n) is 1.90. The summed E-state index contributed by atoms with van der Waals surface area (Å²) in [6.45, 7) is 2.99. The van der Waals surface area contributed by atoms with Crippen LogP contribution in [0, 0.1) is 6.92 Å². The summed E-state index contributed by atoms with van der Waals surface area (Å²) in [5.74, 6) is 0. The monoisotopic (exact) mass is 190 g/mol. The first kappa shape index (κ1) is 9.06. The molecule has 1 aromatic carbocycles. The van der Waals surface area contributed by atoms with Crippen molar-refractivity contribution in [1.82, 2.24) is 0 Å². The lowest BCUT2D eigenvalue weighted by Gasteiger charge is -2.22. The van der Waals surface area contributed by atoms with Gasteiger partial charge in [-0.2, -0.15) is 0 Å². The Morgan fingerprint density at radius 3 is 3.14 bits per heavy atom. The molecule has 1 aliphatic heterocycles. The van der Waals surface area contributed by atoms with Crippen molar-refractivity contribution in [2.45, 2.75) is 19.8 Å². The second-order valence-electron chi connectivity index (χ2n) is 3.58. The van der Waals surface area contributed by atoms with Gasteiger partial charge in [0.25, 0.3) is 0 Å². The molecule has 0 atom stereocenters. The summed E-state index contributed by atoms with van der Waals surface area (Å²) in [7, 11) is 0. The summed E-state index contributed by atoms with van der Waals surface area (Å²) < 4.78 is 0. The van der Waals surface area contributed by atoms with Gasteiger partial charge < -0.3 is 10.6 Å². The summed E-state index contributed by atoms with van der Waals surface area (Å²) in [6, 6.07) is 4.18. The molecule has 2 N–H and O–H groups in total. The van der Waals surface area contributed by atoms with Crippen molar-refractivity contribution in [3.8, 4) is 0 Å². The lowest BCUT2D eigenvalue weighted by atomic mass is 9.99. The number of carbonyl (C=O) groups excluding carboxylic acids is 1. The van der Waals surface area contributed by atoms with Gasteiger partial charge in [-0.3, -0.25) is 4.79 Å². The van der Waals surface area contributed by atoms with Crippen molar-refractivity contribution in [3.05, 3.63) is 23.3 Å². The van der Waals surface area contributed by atoms with E-state index in [-0.39, 0.29) is 0 Å². The van der Waals surface area contributed by atoms with Gasteiger partial charge in [-0.15, -0.1) is 0 Å². The van der Waals surface area contributed by atoms with E-state index in [0.717, 1.165) is 42.7 Å². The van der Waals surface area contributed by atoms with E-state index in [1.165, 1.54) is 5.56 Å². The van der Waals surface area contributed by atoms with Crippen LogP contribution in [0.15, 0.2) is 12.1 Å². The second-order valence-corrected chi connectivity index (χ2v) is 3.58. The number of aryl methyl sites for hydroxylation is 2. The molecule has 3 nitrogen and oxygen atoms in total. The fraction of sp³-hybridized carbons (Fsp3) is 0.364. The van der Waals surface area contributed by atoms with Crippen LogP contribution >= 0.6 is 0 Å². The van der Waals surface area contributed by atoms with E-state index in [2.05, 4.69) is 22.8 Å². The highest BCUT2D eigenvalue weighted by atomic mass is 16.1. The molecule has 2 rings (SSSR count). The Hall–Kier alpha value is -1.51. The first-order chi connectivity index (χ1) is 6.83. The van der Waals surface area contributed by atoms with Gasteiger partial charge in [0.2, 0.25) is 6.41 Å². The first-order valence-electron chi connectivity index (χ1n) is 4.89. The van der Waals surface area contributed by atoms with Gasteiger partial charge in [-0.05, 0) is 30.9 Å². The maximum Gasteiger partial charge on any atom is 0.211 e. The van der Waals surface area contributed by atoms with E-state index in [9.17, 15) is 4.79 Å². The van der Waals surface area contributed by atoms with Gasteiger partial charge in [0.05, 0.1) is 11.4 Å². The molecule has 0 fully saturated rings. The number of anilines is 2. The Labute approximate surface area is 83.5 Å². The highest BCUT2D eigenvalue weighted by Crippen LogP contribution is 2.32. The first-order valence-corrected chi connectivity index (χ1v) is 4.89. The molecule has 3 heteroatoms. The summed E-state index contributed by atoms with van der Waals surface area (Å²) in [6.07, 6.45) is 2.99. The average Bonchev–Trinajstić information content (AvgIpc) is 2.23. The SMILES string of the molecule is Cc1ccc2c(c1NC=O)NCCC2. The molecular weight excluding hydrogens is 176 g/mol. The van der Waals surface area contributed by atoms with Crippen LogP contribution in [-0.4, -0.2) is 13.0 Å². The standard InChI is InChI=1S/C11H14N2O/c1-8-4-5-9-3-2-6-12-11(9)10(8)13-7-14/h4-5,7,12H,2-3,6H2,1H3,(H,13,14). The molecule has 0 saturated carbocycles. The zero-order valence-electron chi connectivity index (χ0n) is 8.26. The van der Waals surface area contributed by atoms with E-state index >= 15 is 0 Å². The molecule has 0 aromatic heterocycles. The van der Waals surface area contributed by atoms with Crippen LogP contribution in [0.1, 0.15) is 17.5 Å². The van der Waals surface area contributed by atoms with Gasteiger partial charge in [-0.1, -0.05) is 12.1 Å². The Balaban J connectivity index is 2.48. The molecule has 0 saturated heterocycles. The Morgan fingerprint density at radius 2 is 2.36 bits per heavy atom. The van der Waals surface area contributed by atoms with Crippen LogP contribution in [-0.2, 0) is 11.2 Å². The molecule has 0 aliphatic carbocycles. The molecule has 1 heterocycles. The molecule has 74 valence electrons. The number of nitrogens with one attached hydrogen (secondary N) is 2. The number of carbonyl (C=O) groups is 1. The van der Waals surface area contributed by atoms with Crippen LogP contribution in [0.2, 0.25) is 0 Å². The molecule has 0 radical (unpaired) electrons. The van der Waals surface area contributed by atoms with E-state index in [0.29, 0.717) is 0 Å². The fourth-order valence-corrected chi connectivity index (χ4v) is 1.90.